The molecule has 0 amide bonds. The minimum absolute atomic E-state index is 0.587. The molecule has 0 aliphatic carbocycles. The lowest BCUT2D eigenvalue weighted by molar-refractivity contribution is 0.592. The van der Waals surface area contributed by atoms with E-state index in [1.807, 2.05) is 11.3 Å². The third kappa shape index (κ3) is 3.25. The molecule has 0 aliphatic rings. The largest absolute Gasteiger partial charge is 0.314 e. The van der Waals surface area contributed by atoms with E-state index in [0.29, 0.717) is 6.04 Å². The van der Waals surface area contributed by atoms with Gasteiger partial charge in [-0.2, -0.15) is 0 Å². The van der Waals surface area contributed by atoms with Crippen molar-refractivity contribution in [3.63, 3.8) is 0 Å². The average Bonchev–Trinajstić information content (AvgIpc) is 2.36. The lowest BCUT2D eigenvalue weighted by atomic mass is 10.3. The second-order valence-corrected chi connectivity index (χ2v) is 4.91. The van der Waals surface area contributed by atoms with Crippen LogP contribution in [0.1, 0.15) is 18.7 Å². The summed E-state index contributed by atoms with van der Waals surface area (Å²) in [5.41, 5.74) is 0. The molecule has 1 aromatic heterocycles. The average molecular weight is 248 g/mol. The molecule has 0 saturated carbocycles. The van der Waals surface area contributed by atoms with Crippen molar-refractivity contribution >= 4 is 27.3 Å². The number of hydrogen-bond acceptors (Lipinski definition) is 2. The maximum atomic E-state index is 3.52. The molecule has 0 atom stereocenters. The maximum absolute atomic E-state index is 3.52. The fourth-order valence-corrected chi connectivity index (χ4v) is 2.53. The molecule has 1 heterocycles. The summed E-state index contributed by atoms with van der Waals surface area (Å²) >= 11 is 5.33. The van der Waals surface area contributed by atoms with Crippen LogP contribution in [0, 0.1) is 0 Å². The van der Waals surface area contributed by atoms with Crippen LogP contribution in [0.2, 0.25) is 0 Å². The molecular formula is C9H14BrNS. The Hall–Kier alpha value is 0.140. The van der Waals surface area contributed by atoms with Gasteiger partial charge in [0.15, 0.2) is 0 Å². The lowest BCUT2D eigenvalue weighted by Crippen LogP contribution is -2.24. The number of thiophene rings is 1. The van der Waals surface area contributed by atoms with Crippen LogP contribution in [0.3, 0.4) is 0 Å². The SMILES string of the molecule is CC(C)NCCc1sccc1Br. The van der Waals surface area contributed by atoms with Crippen molar-refractivity contribution in [2.24, 2.45) is 0 Å². The molecule has 1 nitrogen and oxygen atoms in total. The van der Waals surface area contributed by atoms with Gasteiger partial charge in [0.1, 0.15) is 0 Å². The molecule has 1 rings (SSSR count). The van der Waals surface area contributed by atoms with Crippen LogP contribution < -0.4 is 5.32 Å². The Morgan fingerprint density at radius 2 is 2.33 bits per heavy atom. The van der Waals surface area contributed by atoms with E-state index in [1.165, 1.54) is 9.35 Å². The van der Waals surface area contributed by atoms with Crippen molar-refractivity contribution in [3.8, 4) is 0 Å². The Morgan fingerprint density at radius 3 is 2.83 bits per heavy atom. The number of nitrogens with one attached hydrogen (secondary N) is 1. The standard InChI is InChI=1S/C9H14BrNS/c1-7(2)11-5-3-9-8(10)4-6-12-9/h4,6-7,11H,3,5H2,1-2H3. The molecule has 1 aromatic rings. The minimum Gasteiger partial charge on any atom is -0.314 e. The molecule has 0 radical (unpaired) electrons. The summed E-state index contributed by atoms with van der Waals surface area (Å²) in [6.07, 6.45) is 1.12. The third-order valence-electron chi connectivity index (χ3n) is 1.60. The third-order valence-corrected chi connectivity index (χ3v) is 3.58. The van der Waals surface area contributed by atoms with Crippen molar-refractivity contribution in [2.45, 2.75) is 26.3 Å². The molecule has 0 fully saturated rings. The van der Waals surface area contributed by atoms with Crippen molar-refractivity contribution in [1.29, 1.82) is 0 Å². The smallest absolute Gasteiger partial charge is 0.0314 e. The molecule has 0 bridgehead atoms. The first-order chi connectivity index (χ1) is 5.70. The summed E-state index contributed by atoms with van der Waals surface area (Å²) in [5.74, 6) is 0. The maximum Gasteiger partial charge on any atom is 0.0314 e. The van der Waals surface area contributed by atoms with Crippen molar-refractivity contribution in [2.75, 3.05) is 6.54 Å². The van der Waals surface area contributed by atoms with Crippen LogP contribution in [0.5, 0.6) is 0 Å². The van der Waals surface area contributed by atoms with E-state index in [0.717, 1.165) is 13.0 Å². The van der Waals surface area contributed by atoms with Gasteiger partial charge >= 0.3 is 0 Å². The van der Waals surface area contributed by atoms with Gasteiger partial charge in [0, 0.05) is 21.9 Å². The highest BCUT2D eigenvalue weighted by Gasteiger charge is 2.00. The van der Waals surface area contributed by atoms with Gasteiger partial charge in [-0.3, -0.25) is 0 Å². The van der Waals surface area contributed by atoms with Crippen molar-refractivity contribution < 1.29 is 0 Å². The fourth-order valence-electron chi connectivity index (χ4n) is 0.978. The summed E-state index contributed by atoms with van der Waals surface area (Å²) < 4.78 is 1.25. The Labute approximate surface area is 86.3 Å². The van der Waals surface area contributed by atoms with Gasteiger partial charge in [0.05, 0.1) is 0 Å². The summed E-state index contributed by atoms with van der Waals surface area (Å²) in [5, 5.41) is 5.52. The Balaban J connectivity index is 2.29. The van der Waals surface area contributed by atoms with Gasteiger partial charge in [-0.05, 0) is 33.8 Å². The molecule has 0 spiro atoms. The molecule has 1 N–H and O–H groups in total. The predicted molar refractivity (Wildman–Crippen MR) is 58.9 cm³/mol. The summed E-state index contributed by atoms with van der Waals surface area (Å²) in [4.78, 5) is 1.43. The van der Waals surface area contributed by atoms with Gasteiger partial charge in [-0.15, -0.1) is 11.3 Å². The van der Waals surface area contributed by atoms with E-state index >= 15 is 0 Å². The molecule has 0 aliphatic heterocycles. The van der Waals surface area contributed by atoms with E-state index in [2.05, 4.69) is 46.5 Å². The predicted octanol–water partition coefficient (Wildman–Crippen LogP) is 3.05. The Bertz CT molecular complexity index is 232. The summed E-state index contributed by atoms with van der Waals surface area (Å²) in [6.45, 7) is 5.41. The van der Waals surface area contributed by atoms with E-state index in [1.54, 1.807) is 0 Å². The number of hydrogen-bond donors (Lipinski definition) is 1. The zero-order chi connectivity index (χ0) is 8.97. The fraction of sp³-hybridized carbons (Fsp3) is 0.556. The molecule has 68 valence electrons. The van der Waals surface area contributed by atoms with Gasteiger partial charge in [-0.25, -0.2) is 0 Å². The van der Waals surface area contributed by atoms with Crippen molar-refractivity contribution in [3.05, 3.63) is 20.8 Å². The minimum atomic E-state index is 0.587. The first kappa shape index (κ1) is 10.2. The second kappa shape index (κ2) is 5.00. The molecule has 0 aromatic carbocycles. The van der Waals surface area contributed by atoms with E-state index in [9.17, 15) is 0 Å². The molecular weight excluding hydrogens is 234 g/mol. The van der Waals surface area contributed by atoms with Gasteiger partial charge in [-0.1, -0.05) is 13.8 Å². The molecule has 12 heavy (non-hydrogen) atoms. The second-order valence-electron chi connectivity index (χ2n) is 3.05. The number of rotatable bonds is 4. The quantitative estimate of drug-likeness (QED) is 0.863. The van der Waals surface area contributed by atoms with Crippen LogP contribution in [0.15, 0.2) is 15.9 Å². The van der Waals surface area contributed by atoms with E-state index in [4.69, 9.17) is 0 Å². The van der Waals surface area contributed by atoms with Crippen LogP contribution in [0.4, 0.5) is 0 Å². The summed E-state index contributed by atoms with van der Waals surface area (Å²) in [7, 11) is 0. The van der Waals surface area contributed by atoms with Crippen LogP contribution >= 0.6 is 27.3 Å². The van der Waals surface area contributed by atoms with Gasteiger partial charge < -0.3 is 5.32 Å². The monoisotopic (exact) mass is 247 g/mol. The summed E-state index contributed by atoms with van der Waals surface area (Å²) in [6, 6.07) is 2.69. The van der Waals surface area contributed by atoms with Gasteiger partial charge in [0.2, 0.25) is 0 Å². The zero-order valence-electron chi connectivity index (χ0n) is 7.43. The van der Waals surface area contributed by atoms with Crippen LogP contribution in [0.25, 0.3) is 0 Å². The first-order valence-corrected chi connectivity index (χ1v) is 5.82. The highest BCUT2D eigenvalue weighted by Crippen LogP contribution is 2.22. The Kier molecular flexibility index (Phi) is 4.26. The molecule has 0 saturated heterocycles. The normalized spacial score (nSPS) is 11.0. The van der Waals surface area contributed by atoms with E-state index in [-0.39, 0.29) is 0 Å². The zero-order valence-corrected chi connectivity index (χ0v) is 9.83. The van der Waals surface area contributed by atoms with Gasteiger partial charge in [0.25, 0.3) is 0 Å². The highest BCUT2D eigenvalue weighted by molar-refractivity contribution is 9.10. The lowest BCUT2D eigenvalue weighted by Gasteiger charge is -2.06. The Morgan fingerprint density at radius 1 is 1.58 bits per heavy atom. The van der Waals surface area contributed by atoms with Crippen LogP contribution in [-0.2, 0) is 6.42 Å². The topological polar surface area (TPSA) is 12.0 Å². The van der Waals surface area contributed by atoms with Crippen LogP contribution in [-0.4, -0.2) is 12.6 Å². The highest BCUT2D eigenvalue weighted by atomic mass is 79.9. The van der Waals surface area contributed by atoms with Crippen molar-refractivity contribution in [1.82, 2.24) is 5.32 Å². The van der Waals surface area contributed by atoms with E-state index < -0.39 is 0 Å². The number of halogens is 1. The molecule has 0 unspecified atom stereocenters. The first-order valence-electron chi connectivity index (χ1n) is 4.15. The molecule has 3 heteroatoms.